The maximum absolute atomic E-state index is 10.9. The highest BCUT2D eigenvalue weighted by molar-refractivity contribution is 5.69. The summed E-state index contributed by atoms with van der Waals surface area (Å²) >= 11 is 0. The van der Waals surface area contributed by atoms with E-state index >= 15 is 0 Å². The molecule has 0 aromatic heterocycles. The van der Waals surface area contributed by atoms with Gasteiger partial charge in [0.05, 0.1) is 13.0 Å². The van der Waals surface area contributed by atoms with E-state index < -0.39 is 0 Å². The van der Waals surface area contributed by atoms with E-state index in [-0.39, 0.29) is 5.97 Å². The van der Waals surface area contributed by atoms with E-state index in [1.54, 1.807) is 0 Å². The smallest absolute Gasteiger partial charge is 0.306 e. The van der Waals surface area contributed by atoms with Gasteiger partial charge in [-0.15, -0.1) is 0 Å². The van der Waals surface area contributed by atoms with Gasteiger partial charge in [-0.3, -0.25) is 4.79 Å². The number of allylic oxidation sites excluding steroid dienone is 2. The largest absolute Gasteiger partial charge is 0.466 e. The van der Waals surface area contributed by atoms with Crippen molar-refractivity contribution in [1.82, 2.24) is 0 Å². The summed E-state index contributed by atoms with van der Waals surface area (Å²) in [5.74, 6) is 0.178. The number of hydrogen-bond acceptors (Lipinski definition) is 2. The summed E-state index contributed by atoms with van der Waals surface area (Å²) in [6.45, 7) is 6.23. The first kappa shape index (κ1) is 10.2. The van der Waals surface area contributed by atoms with E-state index in [0.717, 1.165) is 0 Å². The van der Waals surface area contributed by atoms with E-state index in [4.69, 9.17) is 4.74 Å². The van der Waals surface area contributed by atoms with Gasteiger partial charge in [0, 0.05) is 0 Å². The molecule has 2 heteroatoms. The lowest BCUT2D eigenvalue weighted by Gasteiger charge is -2.04. The van der Waals surface area contributed by atoms with Crippen LogP contribution in [0, 0.1) is 5.92 Å². The fraction of sp³-hybridized carbons (Fsp3) is 0.667. The fourth-order valence-corrected chi connectivity index (χ4v) is 0.879. The lowest BCUT2D eigenvalue weighted by Crippen LogP contribution is -2.07. The van der Waals surface area contributed by atoms with Crippen LogP contribution in [0.1, 0.15) is 27.2 Å². The molecule has 0 spiro atoms. The minimum Gasteiger partial charge on any atom is -0.466 e. The van der Waals surface area contributed by atoms with Crippen LogP contribution in [0.4, 0.5) is 0 Å². The molecule has 0 rings (SSSR count). The Kier molecular flexibility index (Phi) is 5.53. The molecule has 0 saturated carbocycles. The molecule has 2 nitrogen and oxygen atoms in total. The Morgan fingerprint density at radius 2 is 2.27 bits per heavy atom. The summed E-state index contributed by atoms with van der Waals surface area (Å²) in [5, 5.41) is 0. The molecule has 0 aliphatic heterocycles. The first-order valence-corrected chi connectivity index (χ1v) is 3.99. The molecule has 64 valence electrons. The van der Waals surface area contributed by atoms with Gasteiger partial charge in [-0.05, 0) is 19.8 Å². The summed E-state index contributed by atoms with van der Waals surface area (Å²) in [7, 11) is 0. The lowest BCUT2D eigenvalue weighted by atomic mass is 10.1. The summed E-state index contributed by atoms with van der Waals surface area (Å²) < 4.78 is 4.79. The van der Waals surface area contributed by atoms with Crippen LogP contribution in [-0.4, -0.2) is 12.6 Å². The van der Waals surface area contributed by atoms with Crippen LogP contribution >= 0.6 is 0 Å². The molecule has 0 amide bonds. The summed E-state index contributed by atoms with van der Waals surface area (Å²) in [5.41, 5.74) is 0. The van der Waals surface area contributed by atoms with Crippen LogP contribution in [0.5, 0.6) is 0 Å². The van der Waals surface area contributed by atoms with Crippen LogP contribution in [0.25, 0.3) is 0 Å². The second-order valence-electron chi connectivity index (χ2n) is 2.51. The van der Waals surface area contributed by atoms with Crippen molar-refractivity contribution in [3.05, 3.63) is 12.2 Å². The van der Waals surface area contributed by atoms with Gasteiger partial charge in [-0.25, -0.2) is 0 Å². The molecule has 0 aliphatic carbocycles. The van der Waals surface area contributed by atoms with Crippen molar-refractivity contribution in [2.75, 3.05) is 6.61 Å². The van der Waals surface area contributed by atoms with Crippen molar-refractivity contribution < 1.29 is 9.53 Å². The van der Waals surface area contributed by atoms with Gasteiger partial charge >= 0.3 is 5.97 Å². The Morgan fingerprint density at radius 1 is 1.64 bits per heavy atom. The fourth-order valence-electron chi connectivity index (χ4n) is 0.879. The molecule has 0 bridgehead atoms. The lowest BCUT2D eigenvalue weighted by molar-refractivity contribution is -0.143. The van der Waals surface area contributed by atoms with Gasteiger partial charge in [0.25, 0.3) is 0 Å². The van der Waals surface area contributed by atoms with Gasteiger partial charge in [0.2, 0.25) is 0 Å². The van der Waals surface area contributed by atoms with Crippen molar-refractivity contribution in [3.63, 3.8) is 0 Å². The summed E-state index contributed by atoms with van der Waals surface area (Å²) in [4.78, 5) is 10.9. The van der Waals surface area contributed by atoms with Gasteiger partial charge in [0.15, 0.2) is 0 Å². The quantitative estimate of drug-likeness (QED) is 0.460. The number of carbonyl (C=O) groups excluding carboxylic acids is 1. The number of ether oxygens (including phenoxy) is 1. The van der Waals surface area contributed by atoms with Crippen LogP contribution in [0.2, 0.25) is 0 Å². The van der Waals surface area contributed by atoms with Gasteiger partial charge < -0.3 is 4.74 Å². The first-order valence-electron chi connectivity index (χ1n) is 3.99. The van der Waals surface area contributed by atoms with Crippen molar-refractivity contribution in [3.8, 4) is 0 Å². The predicted molar refractivity (Wildman–Crippen MR) is 45.2 cm³/mol. The Balaban J connectivity index is 3.57. The van der Waals surface area contributed by atoms with Crippen LogP contribution in [0.15, 0.2) is 12.2 Å². The van der Waals surface area contributed by atoms with Gasteiger partial charge in [-0.2, -0.15) is 0 Å². The summed E-state index contributed by atoms with van der Waals surface area (Å²) in [6.07, 6.45) is 4.43. The SMILES string of the molecule is C/C=C/C(C)CC(=O)OCC. The van der Waals surface area contributed by atoms with Crippen LogP contribution < -0.4 is 0 Å². The topological polar surface area (TPSA) is 26.3 Å². The van der Waals surface area contributed by atoms with Gasteiger partial charge in [0.1, 0.15) is 0 Å². The van der Waals surface area contributed by atoms with Gasteiger partial charge in [-0.1, -0.05) is 19.1 Å². The first-order chi connectivity index (χ1) is 5.20. The summed E-state index contributed by atoms with van der Waals surface area (Å²) in [6, 6.07) is 0. The highest BCUT2D eigenvalue weighted by Gasteiger charge is 2.05. The van der Waals surface area contributed by atoms with E-state index in [1.165, 1.54) is 0 Å². The van der Waals surface area contributed by atoms with Crippen LogP contribution in [-0.2, 0) is 9.53 Å². The zero-order chi connectivity index (χ0) is 8.69. The highest BCUT2D eigenvalue weighted by Crippen LogP contribution is 2.04. The Hall–Kier alpha value is -0.790. The predicted octanol–water partition coefficient (Wildman–Crippen LogP) is 2.15. The maximum atomic E-state index is 10.9. The van der Waals surface area contributed by atoms with Crippen molar-refractivity contribution >= 4 is 5.97 Å². The number of esters is 1. The van der Waals surface area contributed by atoms with Crippen molar-refractivity contribution in [1.29, 1.82) is 0 Å². The molecule has 0 aliphatic rings. The molecule has 0 aromatic rings. The average Bonchev–Trinajstić information content (AvgIpc) is 1.87. The second-order valence-corrected chi connectivity index (χ2v) is 2.51. The van der Waals surface area contributed by atoms with Crippen LogP contribution in [0.3, 0.4) is 0 Å². The third-order valence-electron chi connectivity index (χ3n) is 1.31. The number of carbonyl (C=O) groups is 1. The Labute approximate surface area is 68.2 Å². The second kappa shape index (κ2) is 5.96. The molecule has 0 radical (unpaired) electrons. The third-order valence-corrected chi connectivity index (χ3v) is 1.31. The molecule has 0 heterocycles. The molecule has 1 unspecified atom stereocenters. The Bertz CT molecular complexity index is 138. The molecule has 11 heavy (non-hydrogen) atoms. The average molecular weight is 156 g/mol. The highest BCUT2D eigenvalue weighted by atomic mass is 16.5. The van der Waals surface area contributed by atoms with E-state index in [9.17, 15) is 4.79 Å². The normalized spacial score (nSPS) is 13.4. The molecule has 1 atom stereocenters. The molecule has 0 aromatic carbocycles. The molecule has 0 fully saturated rings. The number of hydrogen-bond donors (Lipinski definition) is 0. The molecular formula is C9H16O2. The van der Waals surface area contributed by atoms with Crippen molar-refractivity contribution in [2.45, 2.75) is 27.2 Å². The molecular weight excluding hydrogens is 140 g/mol. The Morgan fingerprint density at radius 3 is 2.73 bits per heavy atom. The van der Waals surface area contributed by atoms with E-state index in [2.05, 4.69) is 0 Å². The van der Waals surface area contributed by atoms with E-state index in [1.807, 2.05) is 32.9 Å². The van der Waals surface area contributed by atoms with E-state index in [0.29, 0.717) is 18.9 Å². The maximum Gasteiger partial charge on any atom is 0.306 e. The molecule has 0 N–H and O–H groups in total. The zero-order valence-corrected chi connectivity index (χ0v) is 7.46. The zero-order valence-electron chi connectivity index (χ0n) is 7.46. The van der Waals surface area contributed by atoms with Crippen molar-refractivity contribution in [2.24, 2.45) is 5.92 Å². The minimum absolute atomic E-state index is 0.113. The monoisotopic (exact) mass is 156 g/mol. The minimum atomic E-state index is -0.113. The standard InChI is InChI=1S/C9H16O2/c1-4-6-8(3)7-9(10)11-5-2/h4,6,8H,5,7H2,1-3H3/b6-4+. The number of rotatable bonds is 4. The molecule has 0 saturated heterocycles. The third kappa shape index (κ3) is 5.64.